The molecule has 0 unspecified atom stereocenters. The molecular formula is C17H22FN3O2. The third-order valence-electron chi connectivity index (χ3n) is 4.95. The summed E-state index contributed by atoms with van der Waals surface area (Å²) in [6, 6.07) is 6.18. The molecule has 2 amide bonds. The van der Waals surface area contributed by atoms with Crippen molar-refractivity contribution in [1.29, 1.82) is 0 Å². The van der Waals surface area contributed by atoms with Crippen molar-refractivity contribution in [3.8, 4) is 0 Å². The molecule has 124 valence electrons. The molecule has 0 saturated carbocycles. The number of hydrogen-bond acceptors (Lipinski definition) is 3. The highest BCUT2D eigenvalue weighted by Crippen LogP contribution is 2.26. The summed E-state index contributed by atoms with van der Waals surface area (Å²) in [6.45, 7) is 2.05. The molecular weight excluding hydrogens is 297 g/mol. The van der Waals surface area contributed by atoms with Gasteiger partial charge in [-0.2, -0.15) is 0 Å². The third kappa shape index (κ3) is 3.22. The number of carbonyl (C=O) groups is 2. The summed E-state index contributed by atoms with van der Waals surface area (Å²) in [5.41, 5.74) is 5.60. The van der Waals surface area contributed by atoms with Crippen LogP contribution < -0.4 is 5.73 Å². The molecule has 0 bridgehead atoms. The van der Waals surface area contributed by atoms with Gasteiger partial charge in [-0.3, -0.25) is 14.5 Å². The number of nitrogens with zero attached hydrogens (tertiary/aromatic N) is 2. The number of rotatable bonds is 3. The monoisotopic (exact) mass is 319 g/mol. The van der Waals surface area contributed by atoms with E-state index < -0.39 is 5.82 Å². The second-order valence-electron chi connectivity index (χ2n) is 6.30. The fourth-order valence-electron chi connectivity index (χ4n) is 3.74. The van der Waals surface area contributed by atoms with E-state index in [1.165, 1.54) is 12.1 Å². The lowest BCUT2D eigenvalue weighted by Gasteiger charge is -2.38. The number of halogens is 1. The Morgan fingerprint density at radius 1 is 1.09 bits per heavy atom. The molecule has 1 aromatic carbocycles. The molecule has 2 aliphatic heterocycles. The SMILES string of the molecule is NC(=O)[C@@H]1CCCN1C1CCN(C(=O)c2ccccc2F)CC1. The molecule has 2 fully saturated rings. The predicted octanol–water partition coefficient (Wildman–Crippen LogP) is 1.38. The first-order valence-corrected chi connectivity index (χ1v) is 8.17. The molecule has 1 atom stereocenters. The van der Waals surface area contributed by atoms with Gasteiger partial charge in [0.15, 0.2) is 0 Å². The van der Waals surface area contributed by atoms with E-state index in [-0.39, 0.29) is 29.5 Å². The molecule has 5 nitrogen and oxygen atoms in total. The predicted molar refractivity (Wildman–Crippen MR) is 84.2 cm³/mol. The third-order valence-corrected chi connectivity index (χ3v) is 4.95. The maximum Gasteiger partial charge on any atom is 0.256 e. The van der Waals surface area contributed by atoms with Crippen molar-refractivity contribution in [3.63, 3.8) is 0 Å². The molecule has 2 saturated heterocycles. The molecule has 23 heavy (non-hydrogen) atoms. The molecule has 0 spiro atoms. The van der Waals surface area contributed by atoms with E-state index in [4.69, 9.17) is 5.73 Å². The zero-order chi connectivity index (χ0) is 16.4. The van der Waals surface area contributed by atoms with Gasteiger partial charge in [0.25, 0.3) is 5.91 Å². The molecule has 2 N–H and O–H groups in total. The number of nitrogens with two attached hydrogens (primary N) is 1. The van der Waals surface area contributed by atoms with Crippen molar-refractivity contribution >= 4 is 11.8 Å². The number of likely N-dealkylation sites (tertiary alicyclic amines) is 2. The van der Waals surface area contributed by atoms with Crippen LogP contribution in [0, 0.1) is 5.82 Å². The summed E-state index contributed by atoms with van der Waals surface area (Å²) < 4.78 is 13.8. The summed E-state index contributed by atoms with van der Waals surface area (Å²) in [4.78, 5) is 27.8. The van der Waals surface area contributed by atoms with Gasteiger partial charge < -0.3 is 10.6 Å². The van der Waals surface area contributed by atoms with Crippen LogP contribution in [0.1, 0.15) is 36.0 Å². The van der Waals surface area contributed by atoms with Crippen LogP contribution in [-0.2, 0) is 4.79 Å². The maximum atomic E-state index is 13.8. The number of benzene rings is 1. The van der Waals surface area contributed by atoms with E-state index in [0.717, 1.165) is 32.2 Å². The van der Waals surface area contributed by atoms with Gasteiger partial charge in [-0.1, -0.05) is 12.1 Å². The highest BCUT2D eigenvalue weighted by Gasteiger charge is 2.36. The lowest BCUT2D eigenvalue weighted by Crippen LogP contribution is -2.51. The van der Waals surface area contributed by atoms with Gasteiger partial charge in [-0.15, -0.1) is 0 Å². The molecule has 0 radical (unpaired) electrons. The molecule has 2 heterocycles. The summed E-state index contributed by atoms with van der Waals surface area (Å²) in [7, 11) is 0. The lowest BCUT2D eigenvalue weighted by atomic mass is 10.0. The van der Waals surface area contributed by atoms with Crippen molar-refractivity contribution in [1.82, 2.24) is 9.80 Å². The van der Waals surface area contributed by atoms with Crippen molar-refractivity contribution in [2.75, 3.05) is 19.6 Å². The van der Waals surface area contributed by atoms with Crippen molar-refractivity contribution in [2.24, 2.45) is 5.73 Å². The Morgan fingerprint density at radius 2 is 1.78 bits per heavy atom. The van der Waals surface area contributed by atoms with E-state index in [2.05, 4.69) is 4.90 Å². The molecule has 3 rings (SSSR count). The van der Waals surface area contributed by atoms with Crippen LogP contribution >= 0.6 is 0 Å². The molecule has 2 aliphatic rings. The van der Waals surface area contributed by atoms with Crippen molar-refractivity contribution < 1.29 is 14.0 Å². The molecule has 6 heteroatoms. The summed E-state index contributed by atoms with van der Waals surface area (Å²) >= 11 is 0. The maximum absolute atomic E-state index is 13.8. The highest BCUT2D eigenvalue weighted by atomic mass is 19.1. The van der Waals surface area contributed by atoms with Gasteiger partial charge in [0.1, 0.15) is 5.82 Å². The zero-order valence-electron chi connectivity index (χ0n) is 13.1. The second kappa shape index (κ2) is 6.66. The first-order valence-electron chi connectivity index (χ1n) is 8.17. The number of hydrogen-bond donors (Lipinski definition) is 1. The van der Waals surface area contributed by atoms with E-state index in [0.29, 0.717) is 13.1 Å². The van der Waals surface area contributed by atoms with Crippen LogP contribution in [-0.4, -0.2) is 53.3 Å². The Balaban J connectivity index is 1.61. The van der Waals surface area contributed by atoms with Crippen LogP contribution in [0.4, 0.5) is 4.39 Å². The Labute approximate surface area is 135 Å². The fraction of sp³-hybridized carbons (Fsp3) is 0.529. The summed E-state index contributed by atoms with van der Waals surface area (Å²) in [5, 5.41) is 0. The highest BCUT2D eigenvalue weighted by molar-refractivity contribution is 5.94. The van der Waals surface area contributed by atoms with Crippen LogP contribution in [0.25, 0.3) is 0 Å². The van der Waals surface area contributed by atoms with Gasteiger partial charge in [-0.05, 0) is 44.4 Å². The summed E-state index contributed by atoms with van der Waals surface area (Å²) in [6.07, 6.45) is 3.40. The van der Waals surface area contributed by atoms with Crippen LogP contribution in [0.15, 0.2) is 24.3 Å². The Bertz CT molecular complexity index is 599. The van der Waals surface area contributed by atoms with Crippen LogP contribution in [0.2, 0.25) is 0 Å². The first-order chi connectivity index (χ1) is 11.1. The van der Waals surface area contributed by atoms with E-state index in [9.17, 15) is 14.0 Å². The standard InChI is InChI=1S/C17H22FN3O2/c18-14-5-2-1-4-13(14)17(23)20-10-7-12(8-11-20)21-9-3-6-15(21)16(19)22/h1-2,4-5,12,15H,3,6-11H2,(H2,19,22)/t15-/m0/s1. The van der Waals surface area contributed by atoms with E-state index in [1.807, 2.05) is 0 Å². The molecule has 0 aliphatic carbocycles. The van der Waals surface area contributed by atoms with Gasteiger partial charge in [-0.25, -0.2) is 4.39 Å². The minimum Gasteiger partial charge on any atom is -0.368 e. The lowest BCUT2D eigenvalue weighted by molar-refractivity contribution is -0.123. The van der Waals surface area contributed by atoms with Gasteiger partial charge in [0.05, 0.1) is 11.6 Å². The van der Waals surface area contributed by atoms with Gasteiger partial charge in [0.2, 0.25) is 5.91 Å². The largest absolute Gasteiger partial charge is 0.368 e. The van der Waals surface area contributed by atoms with Crippen LogP contribution in [0.5, 0.6) is 0 Å². The Kier molecular flexibility index (Phi) is 4.61. The minimum atomic E-state index is -0.479. The van der Waals surface area contributed by atoms with E-state index >= 15 is 0 Å². The number of primary amides is 1. The zero-order valence-corrected chi connectivity index (χ0v) is 13.1. The quantitative estimate of drug-likeness (QED) is 0.915. The van der Waals surface area contributed by atoms with E-state index in [1.54, 1.807) is 17.0 Å². The summed E-state index contributed by atoms with van der Waals surface area (Å²) in [5.74, 6) is -0.991. The number of piperidine rings is 1. The Morgan fingerprint density at radius 3 is 2.43 bits per heavy atom. The van der Waals surface area contributed by atoms with Crippen molar-refractivity contribution in [2.45, 2.75) is 37.8 Å². The van der Waals surface area contributed by atoms with Gasteiger partial charge in [0, 0.05) is 19.1 Å². The van der Waals surface area contributed by atoms with Gasteiger partial charge >= 0.3 is 0 Å². The topological polar surface area (TPSA) is 66.6 Å². The normalized spacial score (nSPS) is 23.2. The number of amides is 2. The second-order valence-corrected chi connectivity index (χ2v) is 6.30. The molecule has 1 aromatic rings. The van der Waals surface area contributed by atoms with Crippen molar-refractivity contribution in [3.05, 3.63) is 35.6 Å². The average Bonchev–Trinajstić information content (AvgIpc) is 3.05. The van der Waals surface area contributed by atoms with Crippen LogP contribution in [0.3, 0.4) is 0 Å². The number of carbonyl (C=O) groups excluding carboxylic acids is 2. The Hall–Kier alpha value is -1.95. The first kappa shape index (κ1) is 15.9. The minimum absolute atomic E-state index is 0.127. The fourth-order valence-corrected chi connectivity index (χ4v) is 3.74. The average molecular weight is 319 g/mol. The smallest absolute Gasteiger partial charge is 0.256 e. The molecule has 0 aromatic heterocycles.